The molecule has 0 amide bonds. The van der Waals surface area contributed by atoms with Gasteiger partial charge in [-0.25, -0.2) is 5.01 Å². The highest BCUT2D eigenvalue weighted by molar-refractivity contribution is 6.01. The third kappa shape index (κ3) is 2.34. The van der Waals surface area contributed by atoms with Gasteiger partial charge >= 0.3 is 0 Å². The summed E-state index contributed by atoms with van der Waals surface area (Å²) in [7, 11) is 2.26. The second-order valence-corrected chi connectivity index (χ2v) is 7.39. The van der Waals surface area contributed by atoms with Gasteiger partial charge in [-0.05, 0) is 18.2 Å². The van der Waals surface area contributed by atoms with Gasteiger partial charge in [0.05, 0.1) is 44.7 Å². The highest BCUT2D eigenvalue weighted by Gasteiger charge is 2.52. The van der Waals surface area contributed by atoms with Gasteiger partial charge in [0.25, 0.3) is 0 Å². The molecule has 1 spiro atoms. The number of piperidine rings is 1. The van der Waals surface area contributed by atoms with Crippen molar-refractivity contribution in [3.63, 3.8) is 0 Å². The number of fused-ring (bicyclic) bond motifs is 4. The molecule has 1 N–H and O–H groups in total. The fourth-order valence-corrected chi connectivity index (χ4v) is 4.35. The van der Waals surface area contributed by atoms with Gasteiger partial charge < -0.3 is 9.64 Å². The van der Waals surface area contributed by atoms with Crippen molar-refractivity contribution >= 4 is 5.71 Å². The summed E-state index contributed by atoms with van der Waals surface area (Å²) in [6.45, 7) is 2.23. The predicted molar refractivity (Wildman–Crippen MR) is 95.6 cm³/mol. The highest BCUT2D eigenvalue weighted by Crippen LogP contribution is 2.48. The molecule has 1 atom stereocenters. The molecular weight excluding hydrogens is 312 g/mol. The minimum absolute atomic E-state index is 0.270. The first-order valence-corrected chi connectivity index (χ1v) is 9.12. The third-order valence-corrected chi connectivity index (χ3v) is 5.80. The fourth-order valence-electron chi connectivity index (χ4n) is 4.35. The van der Waals surface area contributed by atoms with E-state index in [1.807, 2.05) is 12.4 Å². The molecule has 25 heavy (non-hydrogen) atoms. The molecule has 1 fully saturated rings. The van der Waals surface area contributed by atoms with Crippen LogP contribution < -0.4 is 9.64 Å². The first-order valence-electron chi connectivity index (χ1n) is 9.12. The zero-order valence-corrected chi connectivity index (χ0v) is 14.5. The minimum atomic E-state index is -0.298. The standard InChI is InChI=1S/C20H22N4O/c1-23-12-8-20(9-13-23)24-18(16-4-2-3-5-19(16)25-20)14-17(22-24)15-6-10-21-11-7-15/h2-7,10-11,18H,8-9,12-14H2,1H3/p+1/t18-/m0/s1. The van der Waals surface area contributed by atoms with Crippen molar-refractivity contribution in [2.24, 2.45) is 5.10 Å². The van der Waals surface area contributed by atoms with Crippen molar-refractivity contribution < 1.29 is 9.64 Å². The molecule has 1 aromatic heterocycles. The van der Waals surface area contributed by atoms with Gasteiger partial charge in [0.2, 0.25) is 5.72 Å². The third-order valence-electron chi connectivity index (χ3n) is 5.80. The Hall–Kier alpha value is -2.40. The summed E-state index contributed by atoms with van der Waals surface area (Å²) in [4.78, 5) is 5.71. The monoisotopic (exact) mass is 335 g/mol. The van der Waals surface area contributed by atoms with E-state index in [-0.39, 0.29) is 11.8 Å². The van der Waals surface area contributed by atoms with E-state index in [9.17, 15) is 0 Å². The van der Waals surface area contributed by atoms with E-state index in [0.717, 1.165) is 49.4 Å². The average Bonchev–Trinajstić information content (AvgIpc) is 3.12. The Kier molecular flexibility index (Phi) is 3.31. The molecule has 0 saturated carbocycles. The number of likely N-dealkylation sites (tertiary alicyclic amines) is 1. The molecule has 0 radical (unpaired) electrons. The fraction of sp³-hybridized carbons (Fsp3) is 0.400. The Labute approximate surface area is 147 Å². The van der Waals surface area contributed by atoms with E-state index < -0.39 is 0 Å². The number of hydrogen-bond donors (Lipinski definition) is 1. The Bertz CT molecular complexity index is 811. The van der Waals surface area contributed by atoms with Crippen molar-refractivity contribution in [3.8, 4) is 5.75 Å². The maximum atomic E-state index is 6.60. The quantitative estimate of drug-likeness (QED) is 0.861. The number of hydrogen-bond acceptors (Lipinski definition) is 4. The number of para-hydroxylation sites is 1. The normalized spacial score (nSPS) is 30.4. The van der Waals surface area contributed by atoms with Crippen LogP contribution in [-0.2, 0) is 0 Å². The lowest BCUT2D eigenvalue weighted by molar-refractivity contribution is -0.888. The van der Waals surface area contributed by atoms with E-state index in [1.54, 1.807) is 4.90 Å². The SMILES string of the molecule is C[NH+]1CCC2(CC1)Oc1ccccc1[C@@H]1CC(c3ccncc3)=NN12. The van der Waals surface area contributed by atoms with Crippen LogP contribution in [0.1, 0.15) is 36.4 Å². The average molecular weight is 335 g/mol. The number of pyridine rings is 1. The highest BCUT2D eigenvalue weighted by atomic mass is 16.5. The lowest BCUT2D eigenvalue weighted by atomic mass is 9.91. The smallest absolute Gasteiger partial charge is 0.208 e. The Morgan fingerprint density at radius 2 is 1.88 bits per heavy atom. The van der Waals surface area contributed by atoms with Crippen LogP contribution in [0.5, 0.6) is 5.75 Å². The van der Waals surface area contributed by atoms with Gasteiger partial charge in [0.1, 0.15) is 5.75 Å². The van der Waals surface area contributed by atoms with Crippen LogP contribution in [0, 0.1) is 0 Å². The summed E-state index contributed by atoms with van der Waals surface area (Å²) in [5.74, 6) is 1.04. The summed E-state index contributed by atoms with van der Waals surface area (Å²) < 4.78 is 6.60. The van der Waals surface area contributed by atoms with Crippen LogP contribution in [0.3, 0.4) is 0 Å². The number of ether oxygens (including phenoxy) is 1. The maximum absolute atomic E-state index is 6.60. The molecule has 0 bridgehead atoms. The summed E-state index contributed by atoms with van der Waals surface area (Å²) >= 11 is 0. The molecule has 128 valence electrons. The van der Waals surface area contributed by atoms with E-state index >= 15 is 0 Å². The Balaban J connectivity index is 1.59. The van der Waals surface area contributed by atoms with Crippen LogP contribution >= 0.6 is 0 Å². The largest absolute Gasteiger partial charge is 0.466 e. The molecule has 4 heterocycles. The summed E-state index contributed by atoms with van der Waals surface area (Å²) in [5, 5.41) is 7.34. The first kappa shape index (κ1) is 14.9. The zero-order valence-electron chi connectivity index (χ0n) is 14.5. The van der Waals surface area contributed by atoms with Gasteiger partial charge in [0, 0.05) is 29.9 Å². The van der Waals surface area contributed by atoms with Crippen LogP contribution in [0.4, 0.5) is 0 Å². The summed E-state index contributed by atoms with van der Waals surface area (Å²) in [6, 6.07) is 12.8. The molecule has 5 rings (SSSR count). The lowest BCUT2D eigenvalue weighted by Crippen LogP contribution is -3.11. The lowest BCUT2D eigenvalue weighted by Gasteiger charge is -2.49. The number of rotatable bonds is 1. The molecule has 2 aromatic rings. The molecule has 1 aromatic carbocycles. The van der Waals surface area contributed by atoms with Crippen LogP contribution in [-0.4, -0.2) is 41.6 Å². The van der Waals surface area contributed by atoms with Crippen molar-refractivity contribution in [3.05, 3.63) is 59.9 Å². The van der Waals surface area contributed by atoms with E-state index in [2.05, 4.69) is 53.4 Å². The molecule has 0 aliphatic carbocycles. The second kappa shape index (κ2) is 5.56. The number of benzene rings is 1. The molecular formula is C20H23N4O+. The molecule has 3 aliphatic heterocycles. The van der Waals surface area contributed by atoms with Crippen LogP contribution in [0.25, 0.3) is 0 Å². The van der Waals surface area contributed by atoms with Gasteiger partial charge in [-0.2, -0.15) is 5.10 Å². The van der Waals surface area contributed by atoms with Crippen molar-refractivity contribution in [2.75, 3.05) is 20.1 Å². The number of aromatic nitrogens is 1. The van der Waals surface area contributed by atoms with E-state index in [0.29, 0.717) is 0 Å². The maximum Gasteiger partial charge on any atom is 0.208 e. The number of quaternary nitrogens is 1. The number of nitrogens with one attached hydrogen (secondary N) is 1. The van der Waals surface area contributed by atoms with Crippen molar-refractivity contribution in [1.82, 2.24) is 9.99 Å². The molecule has 5 nitrogen and oxygen atoms in total. The predicted octanol–water partition coefficient (Wildman–Crippen LogP) is 1.63. The Morgan fingerprint density at radius 3 is 2.68 bits per heavy atom. The first-order chi connectivity index (χ1) is 12.3. The molecule has 3 aliphatic rings. The molecule has 1 saturated heterocycles. The van der Waals surface area contributed by atoms with Crippen LogP contribution in [0.15, 0.2) is 53.9 Å². The van der Waals surface area contributed by atoms with E-state index in [1.165, 1.54) is 5.56 Å². The minimum Gasteiger partial charge on any atom is -0.466 e. The van der Waals surface area contributed by atoms with Crippen LogP contribution in [0.2, 0.25) is 0 Å². The number of hydrazone groups is 1. The van der Waals surface area contributed by atoms with Gasteiger partial charge in [-0.15, -0.1) is 0 Å². The Morgan fingerprint density at radius 1 is 1.12 bits per heavy atom. The number of nitrogens with zero attached hydrogens (tertiary/aromatic N) is 3. The van der Waals surface area contributed by atoms with Crippen molar-refractivity contribution in [2.45, 2.75) is 31.0 Å². The van der Waals surface area contributed by atoms with Crippen molar-refractivity contribution in [1.29, 1.82) is 0 Å². The van der Waals surface area contributed by atoms with E-state index in [4.69, 9.17) is 9.84 Å². The van der Waals surface area contributed by atoms with Gasteiger partial charge in [0.15, 0.2) is 0 Å². The second-order valence-electron chi connectivity index (χ2n) is 7.39. The van der Waals surface area contributed by atoms with Gasteiger partial charge in [-0.1, -0.05) is 18.2 Å². The zero-order chi connectivity index (χ0) is 16.9. The summed E-state index contributed by atoms with van der Waals surface area (Å²) in [5.41, 5.74) is 3.26. The molecule has 5 heteroatoms. The molecule has 0 unspecified atom stereocenters. The topological polar surface area (TPSA) is 42.2 Å². The van der Waals surface area contributed by atoms with Gasteiger partial charge in [-0.3, -0.25) is 4.98 Å². The summed E-state index contributed by atoms with van der Waals surface area (Å²) in [6.07, 6.45) is 6.63.